The van der Waals surface area contributed by atoms with E-state index in [-0.39, 0.29) is 5.69 Å². The first-order valence-corrected chi connectivity index (χ1v) is 7.20. The Balaban J connectivity index is 0. The Hall–Kier alpha value is -1.23. The van der Waals surface area contributed by atoms with Crippen LogP contribution in [0.4, 0.5) is 8.78 Å². The number of hydrogen-bond acceptors (Lipinski definition) is 3. The van der Waals surface area contributed by atoms with Crippen LogP contribution in [0.3, 0.4) is 0 Å². The Kier molecular flexibility index (Phi) is 14.9. The van der Waals surface area contributed by atoms with E-state index in [2.05, 4.69) is 4.98 Å². The molecule has 0 aromatic carbocycles. The van der Waals surface area contributed by atoms with Crippen molar-refractivity contribution in [2.75, 3.05) is 13.2 Å². The van der Waals surface area contributed by atoms with Crippen molar-refractivity contribution in [3.05, 3.63) is 23.4 Å². The smallest absolute Gasteiger partial charge is 0.280 e. The lowest BCUT2D eigenvalue weighted by molar-refractivity contribution is 0.145. The van der Waals surface area contributed by atoms with Crippen LogP contribution in [0.15, 0.2) is 12.1 Å². The fourth-order valence-electron chi connectivity index (χ4n) is 1.18. The maximum absolute atomic E-state index is 12.1. The number of aliphatic hydroxyl groups is 1. The standard InChI is InChI=1S/C8H7F2NO.C3H8O.2C2H6/c9-7(10)6-2-1-5-3-4-12-8(5)11-6;1-2-3-4;2*1-2/h1-2,7H,3-4H2;4H,2-3H2,1H3;2*1-2H3. The van der Waals surface area contributed by atoms with Crippen LogP contribution in [-0.4, -0.2) is 23.3 Å². The molecule has 2 heterocycles. The van der Waals surface area contributed by atoms with Crippen molar-refractivity contribution < 1.29 is 18.6 Å². The minimum absolute atomic E-state index is 0.212. The first-order valence-electron chi connectivity index (χ1n) is 7.20. The summed E-state index contributed by atoms with van der Waals surface area (Å²) in [5.74, 6) is 0.368. The van der Waals surface area contributed by atoms with E-state index in [0.29, 0.717) is 19.1 Å². The Morgan fingerprint density at radius 1 is 1.25 bits per heavy atom. The van der Waals surface area contributed by atoms with Gasteiger partial charge in [0.25, 0.3) is 6.43 Å². The molecule has 0 atom stereocenters. The molecule has 118 valence electrons. The molecule has 0 radical (unpaired) electrons. The number of fused-ring (bicyclic) bond motifs is 1. The summed E-state index contributed by atoms with van der Waals surface area (Å²) in [4.78, 5) is 3.68. The predicted molar refractivity (Wildman–Crippen MR) is 78.5 cm³/mol. The minimum Gasteiger partial charge on any atom is -0.477 e. The van der Waals surface area contributed by atoms with Crippen molar-refractivity contribution in [2.45, 2.75) is 53.9 Å². The van der Waals surface area contributed by atoms with E-state index in [1.165, 1.54) is 6.07 Å². The summed E-state index contributed by atoms with van der Waals surface area (Å²) in [6.45, 7) is 10.8. The molecule has 0 unspecified atom stereocenters. The Morgan fingerprint density at radius 2 is 1.80 bits per heavy atom. The van der Waals surface area contributed by atoms with Gasteiger partial charge in [0.1, 0.15) is 5.69 Å². The zero-order valence-electron chi connectivity index (χ0n) is 13.1. The molecule has 0 bridgehead atoms. The van der Waals surface area contributed by atoms with Crippen LogP contribution in [0.2, 0.25) is 0 Å². The zero-order chi connectivity index (χ0) is 16.0. The molecule has 0 saturated carbocycles. The molecule has 0 spiro atoms. The highest BCUT2D eigenvalue weighted by Gasteiger charge is 2.17. The van der Waals surface area contributed by atoms with Crippen molar-refractivity contribution >= 4 is 0 Å². The highest BCUT2D eigenvalue weighted by Crippen LogP contribution is 2.26. The fourth-order valence-corrected chi connectivity index (χ4v) is 1.18. The summed E-state index contributed by atoms with van der Waals surface area (Å²) in [5.41, 5.74) is 0.704. The third-order valence-corrected chi connectivity index (χ3v) is 2.02. The number of aromatic nitrogens is 1. The van der Waals surface area contributed by atoms with E-state index in [1.54, 1.807) is 6.07 Å². The molecule has 1 N–H and O–H groups in total. The van der Waals surface area contributed by atoms with E-state index < -0.39 is 6.43 Å². The molecular formula is C15H27F2NO2. The van der Waals surface area contributed by atoms with Gasteiger partial charge in [-0.3, -0.25) is 0 Å². The number of alkyl halides is 2. The average Bonchev–Trinajstić information content (AvgIpc) is 2.99. The Labute approximate surface area is 121 Å². The summed E-state index contributed by atoms with van der Waals surface area (Å²) < 4.78 is 29.3. The monoisotopic (exact) mass is 291 g/mol. The molecule has 3 nitrogen and oxygen atoms in total. The highest BCUT2D eigenvalue weighted by atomic mass is 19.3. The largest absolute Gasteiger partial charge is 0.477 e. The summed E-state index contributed by atoms with van der Waals surface area (Å²) >= 11 is 0. The molecule has 0 fully saturated rings. The molecule has 0 aliphatic carbocycles. The van der Waals surface area contributed by atoms with Gasteiger partial charge in [-0.15, -0.1) is 0 Å². The zero-order valence-corrected chi connectivity index (χ0v) is 13.1. The Morgan fingerprint density at radius 3 is 2.25 bits per heavy atom. The summed E-state index contributed by atoms with van der Waals surface area (Å²) in [6.07, 6.45) is -0.870. The van der Waals surface area contributed by atoms with Crippen LogP contribution < -0.4 is 4.74 Å². The van der Waals surface area contributed by atoms with E-state index in [1.807, 2.05) is 34.6 Å². The second-order valence-corrected chi connectivity index (χ2v) is 3.32. The molecule has 1 aliphatic rings. The van der Waals surface area contributed by atoms with E-state index in [4.69, 9.17) is 9.84 Å². The summed E-state index contributed by atoms with van der Waals surface area (Å²) in [6, 6.07) is 3.00. The number of hydrogen-bond donors (Lipinski definition) is 1. The van der Waals surface area contributed by atoms with Gasteiger partial charge in [0.2, 0.25) is 5.88 Å². The average molecular weight is 291 g/mol. The molecule has 5 heteroatoms. The van der Waals surface area contributed by atoms with Crippen molar-refractivity contribution in [1.29, 1.82) is 0 Å². The van der Waals surface area contributed by atoms with Crippen molar-refractivity contribution in [3.8, 4) is 5.88 Å². The maximum Gasteiger partial charge on any atom is 0.280 e. The second-order valence-electron chi connectivity index (χ2n) is 3.32. The van der Waals surface area contributed by atoms with Gasteiger partial charge in [-0.25, -0.2) is 13.8 Å². The van der Waals surface area contributed by atoms with Crippen molar-refractivity contribution in [3.63, 3.8) is 0 Å². The highest BCUT2D eigenvalue weighted by molar-refractivity contribution is 5.31. The lowest BCUT2D eigenvalue weighted by Crippen LogP contribution is -1.92. The third kappa shape index (κ3) is 8.04. The quantitative estimate of drug-likeness (QED) is 0.878. The van der Waals surface area contributed by atoms with Crippen LogP contribution in [0, 0.1) is 0 Å². The van der Waals surface area contributed by atoms with Gasteiger partial charge in [-0.2, -0.15) is 0 Å². The van der Waals surface area contributed by atoms with Crippen LogP contribution in [0.1, 0.15) is 58.7 Å². The number of rotatable bonds is 2. The molecule has 20 heavy (non-hydrogen) atoms. The third-order valence-electron chi connectivity index (χ3n) is 2.02. The molecule has 1 aliphatic heterocycles. The topological polar surface area (TPSA) is 42.4 Å². The lowest BCUT2D eigenvalue weighted by Gasteiger charge is -2.00. The van der Waals surface area contributed by atoms with E-state index in [9.17, 15) is 8.78 Å². The molecule has 0 amide bonds. The SMILES string of the molecule is CC.CC.CCCO.FC(F)c1ccc2c(n1)OCC2. The van der Waals surface area contributed by atoms with Crippen LogP contribution in [0.25, 0.3) is 0 Å². The first kappa shape index (κ1) is 21.1. The molecule has 2 rings (SSSR count). The van der Waals surface area contributed by atoms with Gasteiger partial charge >= 0.3 is 0 Å². The van der Waals surface area contributed by atoms with Crippen LogP contribution in [0.5, 0.6) is 5.88 Å². The second kappa shape index (κ2) is 14.2. The van der Waals surface area contributed by atoms with Gasteiger partial charge in [0, 0.05) is 18.6 Å². The van der Waals surface area contributed by atoms with Gasteiger partial charge in [0.05, 0.1) is 6.61 Å². The number of aliphatic hydroxyl groups excluding tert-OH is 1. The van der Waals surface area contributed by atoms with Crippen molar-refractivity contribution in [2.24, 2.45) is 0 Å². The van der Waals surface area contributed by atoms with E-state index >= 15 is 0 Å². The maximum atomic E-state index is 12.1. The van der Waals surface area contributed by atoms with Gasteiger partial charge in [-0.05, 0) is 12.5 Å². The predicted octanol–water partition coefficient (Wildman–Crippen LogP) is 4.40. The van der Waals surface area contributed by atoms with Gasteiger partial charge in [0.15, 0.2) is 0 Å². The van der Waals surface area contributed by atoms with Crippen LogP contribution in [-0.2, 0) is 6.42 Å². The summed E-state index contributed by atoms with van der Waals surface area (Å²) in [5, 5.41) is 7.88. The Bertz CT molecular complexity index is 332. The molecular weight excluding hydrogens is 264 g/mol. The number of ether oxygens (including phenoxy) is 1. The number of nitrogens with zero attached hydrogens (tertiary/aromatic N) is 1. The van der Waals surface area contributed by atoms with Crippen LogP contribution >= 0.6 is 0 Å². The fraction of sp³-hybridized carbons (Fsp3) is 0.667. The van der Waals surface area contributed by atoms with Crippen molar-refractivity contribution in [1.82, 2.24) is 4.98 Å². The molecule has 0 saturated heterocycles. The minimum atomic E-state index is -2.51. The van der Waals surface area contributed by atoms with Gasteiger partial charge < -0.3 is 9.84 Å². The van der Waals surface area contributed by atoms with Gasteiger partial charge in [-0.1, -0.05) is 40.7 Å². The summed E-state index contributed by atoms with van der Waals surface area (Å²) in [7, 11) is 0. The lowest BCUT2D eigenvalue weighted by atomic mass is 10.2. The molecule has 1 aromatic rings. The number of pyridine rings is 1. The molecule has 1 aromatic heterocycles. The number of halogens is 2. The first-order chi connectivity index (χ1) is 9.69. The normalized spacial score (nSPS) is 10.8. The van der Waals surface area contributed by atoms with E-state index in [0.717, 1.165) is 18.4 Å².